The fourth-order valence-electron chi connectivity index (χ4n) is 1.42. The molecule has 0 aliphatic carbocycles. The molecule has 0 saturated carbocycles. The van der Waals surface area contributed by atoms with E-state index < -0.39 is 10.0 Å². The minimum atomic E-state index is -3.69. The van der Waals surface area contributed by atoms with Gasteiger partial charge in [-0.3, -0.25) is 14.5 Å². The van der Waals surface area contributed by atoms with Crippen LogP contribution in [-0.2, 0) is 14.8 Å². The minimum Gasteiger partial charge on any atom is -0.273 e. The summed E-state index contributed by atoms with van der Waals surface area (Å²) in [7, 11) is -3.69. The van der Waals surface area contributed by atoms with E-state index >= 15 is 0 Å². The van der Waals surface area contributed by atoms with Crippen LogP contribution in [0, 0.1) is 0 Å². The molecule has 1 N–H and O–H groups in total. The number of sulfonamides is 1. The topological polar surface area (TPSA) is 83.6 Å². The fraction of sp³-hybridized carbons (Fsp3) is 0.333. The molecule has 1 aliphatic heterocycles. The quantitative estimate of drug-likeness (QED) is 0.790. The molecule has 0 unspecified atom stereocenters. The maximum atomic E-state index is 12.0. The third-order valence-electron chi connectivity index (χ3n) is 2.36. The molecule has 0 atom stereocenters. The number of thioether (sulfide) groups is 1. The normalized spacial score (nSPS) is 16.2. The first kappa shape index (κ1) is 16.2. The van der Waals surface area contributed by atoms with E-state index in [9.17, 15) is 18.0 Å². The molecule has 1 saturated heterocycles. The second-order valence-electron chi connectivity index (χ2n) is 3.68. The van der Waals surface area contributed by atoms with Gasteiger partial charge in [-0.05, 0) is 22.0 Å². The zero-order valence-corrected chi connectivity index (χ0v) is 14.6. The van der Waals surface area contributed by atoms with Crippen molar-refractivity contribution >= 4 is 71.8 Å². The van der Waals surface area contributed by atoms with Crippen LogP contribution in [0.3, 0.4) is 0 Å². The standard InChI is InChI=1S/C9H8BrClN2O4S3/c10-8-5(11)3-7(19-8)20(16,17)12-1-2-13-6(14)4-18-9(13)15/h3,12H,1-2,4H2. The van der Waals surface area contributed by atoms with Crippen LogP contribution in [0.4, 0.5) is 4.79 Å². The van der Waals surface area contributed by atoms with Crippen LogP contribution >= 0.6 is 50.6 Å². The summed E-state index contributed by atoms with van der Waals surface area (Å²) in [5.74, 6) is -0.194. The highest BCUT2D eigenvalue weighted by Crippen LogP contribution is 2.34. The highest BCUT2D eigenvalue weighted by Gasteiger charge is 2.29. The first-order chi connectivity index (χ1) is 9.31. The number of imide groups is 1. The van der Waals surface area contributed by atoms with E-state index in [1.807, 2.05) is 0 Å². The zero-order valence-electron chi connectivity index (χ0n) is 9.76. The van der Waals surface area contributed by atoms with Gasteiger partial charge in [0.1, 0.15) is 4.21 Å². The molecule has 1 fully saturated rings. The van der Waals surface area contributed by atoms with Gasteiger partial charge >= 0.3 is 0 Å². The molecule has 6 nitrogen and oxygen atoms in total. The van der Waals surface area contributed by atoms with Crippen LogP contribution < -0.4 is 4.72 Å². The molecule has 0 aromatic carbocycles. The van der Waals surface area contributed by atoms with Crippen molar-refractivity contribution in [3.05, 3.63) is 14.9 Å². The Hall–Kier alpha value is -0.130. The van der Waals surface area contributed by atoms with Crippen molar-refractivity contribution in [2.75, 3.05) is 18.8 Å². The molecular weight excluding hydrogens is 412 g/mol. The first-order valence-corrected chi connectivity index (χ1v) is 9.68. The predicted octanol–water partition coefficient (Wildman–Crippen LogP) is 2.14. The van der Waals surface area contributed by atoms with Gasteiger partial charge in [0.15, 0.2) is 0 Å². The molecule has 0 spiro atoms. The number of nitrogens with zero attached hydrogens (tertiary/aromatic N) is 1. The summed E-state index contributed by atoms with van der Waals surface area (Å²) in [4.78, 5) is 23.7. The van der Waals surface area contributed by atoms with E-state index in [0.29, 0.717) is 8.81 Å². The summed E-state index contributed by atoms with van der Waals surface area (Å²) in [6.45, 7) is -0.0162. The highest BCUT2D eigenvalue weighted by atomic mass is 79.9. The highest BCUT2D eigenvalue weighted by molar-refractivity contribution is 9.11. The number of carbonyl (C=O) groups excluding carboxylic acids is 2. The minimum absolute atomic E-state index is 0.0180. The number of amides is 2. The van der Waals surface area contributed by atoms with Crippen LogP contribution in [0.1, 0.15) is 0 Å². The van der Waals surface area contributed by atoms with Gasteiger partial charge in [-0.2, -0.15) is 0 Å². The summed E-state index contributed by atoms with van der Waals surface area (Å²) < 4.78 is 26.9. The van der Waals surface area contributed by atoms with Gasteiger partial charge < -0.3 is 0 Å². The summed E-state index contributed by atoms with van der Waals surface area (Å²) in [5.41, 5.74) is 0. The molecule has 0 bridgehead atoms. The van der Waals surface area contributed by atoms with Crippen LogP contribution in [0.25, 0.3) is 0 Å². The van der Waals surface area contributed by atoms with Gasteiger partial charge in [0.2, 0.25) is 15.9 Å². The number of nitrogens with one attached hydrogen (secondary N) is 1. The van der Waals surface area contributed by atoms with Gasteiger partial charge in [0.25, 0.3) is 5.24 Å². The summed E-state index contributed by atoms with van der Waals surface area (Å²) in [5, 5.41) is -0.0345. The van der Waals surface area contributed by atoms with Crippen LogP contribution in [0.5, 0.6) is 0 Å². The van der Waals surface area contributed by atoms with E-state index in [-0.39, 0.29) is 34.2 Å². The Morgan fingerprint density at radius 3 is 2.65 bits per heavy atom. The number of thiophene rings is 1. The maximum absolute atomic E-state index is 12.0. The van der Waals surface area contributed by atoms with Gasteiger partial charge in [-0.1, -0.05) is 23.4 Å². The second kappa shape index (κ2) is 6.32. The Bertz CT molecular complexity index is 625. The number of hydrogen-bond acceptors (Lipinski definition) is 6. The summed E-state index contributed by atoms with van der Waals surface area (Å²) in [6, 6.07) is 1.33. The maximum Gasteiger partial charge on any atom is 0.288 e. The Balaban J connectivity index is 1.96. The van der Waals surface area contributed by atoms with Crippen molar-refractivity contribution in [1.82, 2.24) is 9.62 Å². The van der Waals surface area contributed by atoms with Gasteiger partial charge in [0.05, 0.1) is 14.6 Å². The summed E-state index contributed by atoms with van der Waals surface area (Å²) in [6.07, 6.45) is 0. The molecule has 1 aromatic rings. The Morgan fingerprint density at radius 2 is 2.15 bits per heavy atom. The zero-order chi connectivity index (χ0) is 14.9. The van der Waals surface area contributed by atoms with Gasteiger partial charge in [0, 0.05) is 13.1 Å². The monoisotopic (exact) mass is 418 g/mol. The molecule has 0 radical (unpaired) electrons. The Labute approximate surface area is 137 Å². The molecular formula is C9H8BrClN2O4S3. The number of hydrogen-bond donors (Lipinski definition) is 1. The lowest BCUT2D eigenvalue weighted by Crippen LogP contribution is -2.37. The molecule has 2 rings (SSSR count). The van der Waals surface area contributed by atoms with E-state index in [0.717, 1.165) is 28.0 Å². The third-order valence-corrected chi connectivity index (χ3v) is 7.62. The SMILES string of the molecule is O=C1CSC(=O)N1CCNS(=O)(=O)c1cc(Cl)c(Br)s1. The van der Waals surface area contributed by atoms with Crippen LogP contribution in [0.2, 0.25) is 5.02 Å². The molecule has 11 heteroatoms. The van der Waals surface area contributed by atoms with Gasteiger partial charge in [-0.15, -0.1) is 11.3 Å². The largest absolute Gasteiger partial charge is 0.288 e. The van der Waals surface area contributed by atoms with Crippen LogP contribution in [-0.4, -0.2) is 43.3 Å². The number of rotatable bonds is 5. The van der Waals surface area contributed by atoms with E-state index in [2.05, 4.69) is 20.7 Å². The molecule has 20 heavy (non-hydrogen) atoms. The Morgan fingerprint density at radius 1 is 1.45 bits per heavy atom. The summed E-state index contributed by atoms with van der Waals surface area (Å²) >= 11 is 10.8. The van der Waals surface area contributed by atoms with Crippen LogP contribution in [0.15, 0.2) is 14.1 Å². The first-order valence-electron chi connectivity index (χ1n) is 5.23. The van der Waals surface area contributed by atoms with Gasteiger partial charge in [-0.25, -0.2) is 13.1 Å². The predicted molar refractivity (Wildman–Crippen MR) is 81.8 cm³/mol. The molecule has 2 amide bonds. The number of carbonyl (C=O) groups is 2. The van der Waals surface area contributed by atoms with Crippen molar-refractivity contribution in [3.63, 3.8) is 0 Å². The molecule has 2 heterocycles. The molecule has 1 aliphatic rings. The average Bonchev–Trinajstić information content (AvgIpc) is 2.87. The third kappa shape index (κ3) is 3.55. The van der Waals surface area contributed by atoms with E-state index in [1.165, 1.54) is 6.07 Å². The lowest BCUT2D eigenvalue weighted by atomic mass is 10.5. The van der Waals surface area contributed by atoms with Crippen molar-refractivity contribution in [3.8, 4) is 0 Å². The lowest BCUT2D eigenvalue weighted by molar-refractivity contribution is -0.124. The average molecular weight is 420 g/mol. The van der Waals surface area contributed by atoms with E-state index in [4.69, 9.17) is 11.6 Å². The van der Waals surface area contributed by atoms with E-state index in [1.54, 1.807) is 0 Å². The Kier molecular flexibility index (Phi) is 5.14. The lowest BCUT2D eigenvalue weighted by Gasteiger charge is -2.12. The second-order valence-corrected chi connectivity index (χ2v) is 9.38. The van der Waals surface area contributed by atoms with Crippen molar-refractivity contribution in [2.45, 2.75) is 4.21 Å². The molecule has 110 valence electrons. The van der Waals surface area contributed by atoms with Crippen molar-refractivity contribution in [1.29, 1.82) is 0 Å². The fourth-order valence-corrected chi connectivity index (χ4v) is 5.63. The van der Waals surface area contributed by atoms with Crippen molar-refractivity contribution < 1.29 is 18.0 Å². The number of halogens is 2. The molecule has 1 aromatic heterocycles. The smallest absolute Gasteiger partial charge is 0.273 e. The van der Waals surface area contributed by atoms with Crippen molar-refractivity contribution in [2.24, 2.45) is 0 Å².